The Hall–Kier alpha value is -0.630. The average molecular weight is 179 g/mol. The second kappa shape index (κ2) is 3.40. The van der Waals surface area contributed by atoms with Crippen molar-refractivity contribution in [2.24, 2.45) is 0 Å². The molecule has 12 heavy (non-hydrogen) atoms. The van der Waals surface area contributed by atoms with E-state index in [0.717, 1.165) is 11.6 Å². The van der Waals surface area contributed by atoms with Gasteiger partial charge >= 0.3 is 0 Å². The van der Waals surface area contributed by atoms with Crippen LogP contribution in [0, 0.1) is 0 Å². The molecule has 0 bridgehead atoms. The lowest BCUT2D eigenvalue weighted by atomic mass is 9.99. The Morgan fingerprint density at radius 3 is 2.58 bits per heavy atom. The first-order valence-electron chi connectivity index (χ1n) is 4.29. The lowest BCUT2D eigenvalue weighted by Gasteiger charge is -2.07. The molecule has 1 atom stereocenters. The summed E-state index contributed by atoms with van der Waals surface area (Å²) in [5.41, 5.74) is 7.94. The predicted molar refractivity (Wildman–Crippen MR) is 55.5 cm³/mol. The van der Waals surface area contributed by atoms with Gasteiger partial charge < -0.3 is 5.73 Å². The number of anilines is 1. The van der Waals surface area contributed by atoms with Crippen LogP contribution in [-0.4, -0.2) is 11.5 Å². The Bertz CT molecular complexity index is 249. The first-order chi connectivity index (χ1) is 5.86. The third-order valence-corrected chi connectivity index (χ3v) is 3.50. The number of benzene rings is 1. The van der Waals surface area contributed by atoms with Gasteiger partial charge in [-0.15, -0.1) is 0 Å². The van der Waals surface area contributed by atoms with E-state index in [-0.39, 0.29) is 0 Å². The topological polar surface area (TPSA) is 26.0 Å². The van der Waals surface area contributed by atoms with Crippen LogP contribution in [0.15, 0.2) is 24.3 Å². The number of rotatable bonds is 1. The molecule has 0 spiro atoms. The molecule has 2 rings (SSSR count). The summed E-state index contributed by atoms with van der Waals surface area (Å²) in [6, 6.07) is 8.31. The van der Waals surface area contributed by atoms with E-state index in [0.29, 0.717) is 0 Å². The molecule has 1 aromatic carbocycles. The van der Waals surface area contributed by atoms with E-state index < -0.39 is 0 Å². The molecule has 0 saturated carbocycles. The summed E-state index contributed by atoms with van der Waals surface area (Å²) in [6.07, 6.45) is 1.33. The molecule has 64 valence electrons. The van der Waals surface area contributed by atoms with Crippen LogP contribution in [0.5, 0.6) is 0 Å². The second-order valence-corrected chi connectivity index (χ2v) is 4.38. The predicted octanol–water partition coefficient (Wildman–Crippen LogP) is 2.49. The van der Waals surface area contributed by atoms with Gasteiger partial charge in [0.1, 0.15) is 0 Å². The highest BCUT2D eigenvalue weighted by molar-refractivity contribution is 7.99. The summed E-state index contributed by atoms with van der Waals surface area (Å²) < 4.78 is 0. The lowest BCUT2D eigenvalue weighted by Crippen LogP contribution is -1.96. The molecule has 1 aliphatic rings. The second-order valence-electron chi connectivity index (χ2n) is 3.23. The summed E-state index contributed by atoms with van der Waals surface area (Å²) in [5, 5.41) is 0. The Labute approximate surface area is 77.3 Å². The van der Waals surface area contributed by atoms with E-state index in [1.165, 1.54) is 23.5 Å². The molecule has 0 aromatic heterocycles. The van der Waals surface area contributed by atoms with Crippen LogP contribution in [0.25, 0.3) is 0 Å². The van der Waals surface area contributed by atoms with Gasteiger partial charge in [-0.05, 0) is 35.8 Å². The van der Waals surface area contributed by atoms with Gasteiger partial charge in [0.2, 0.25) is 0 Å². The van der Waals surface area contributed by atoms with E-state index in [2.05, 4.69) is 12.1 Å². The van der Waals surface area contributed by atoms with Gasteiger partial charge in [-0.25, -0.2) is 0 Å². The summed E-state index contributed by atoms with van der Waals surface area (Å²) in [6.45, 7) is 0. The van der Waals surface area contributed by atoms with Crippen molar-refractivity contribution in [3.8, 4) is 0 Å². The third kappa shape index (κ3) is 1.58. The van der Waals surface area contributed by atoms with E-state index in [1.807, 2.05) is 23.9 Å². The molecule has 1 aliphatic heterocycles. The fourth-order valence-electron chi connectivity index (χ4n) is 1.57. The molecule has 1 fully saturated rings. The molecule has 2 N–H and O–H groups in total. The first kappa shape index (κ1) is 7.99. The molecule has 0 radical (unpaired) electrons. The highest BCUT2D eigenvalue weighted by Crippen LogP contribution is 2.32. The summed E-state index contributed by atoms with van der Waals surface area (Å²) >= 11 is 2.05. The number of hydrogen-bond donors (Lipinski definition) is 1. The maximum absolute atomic E-state index is 5.62. The van der Waals surface area contributed by atoms with Crippen molar-refractivity contribution in [3.05, 3.63) is 29.8 Å². The lowest BCUT2D eigenvalue weighted by molar-refractivity contribution is 0.782. The smallest absolute Gasteiger partial charge is 0.0314 e. The Balaban J connectivity index is 2.17. The van der Waals surface area contributed by atoms with E-state index >= 15 is 0 Å². The first-order valence-corrected chi connectivity index (χ1v) is 5.45. The van der Waals surface area contributed by atoms with E-state index in [4.69, 9.17) is 5.73 Å². The zero-order valence-corrected chi connectivity index (χ0v) is 7.81. The van der Waals surface area contributed by atoms with Crippen LogP contribution in [0.1, 0.15) is 17.9 Å². The zero-order chi connectivity index (χ0) is 8.39. The van der Waals surface area contributed by atoms with E-state index in [9.17, 15) is 0 Å². The van der Waals surface area contributed by atoms with Crippen LogP contribution in [0.2, 0.25) is 0 Å². The third-order valence-electron chi connectivity index (χ3n) is 2.34. The largest absolute Gasteiger partial charge is 0.399 e. The highest BCUT2D eigenvalue weighted by Gasteiger charge is 2.16. The maximum atomic E-state index is 5.62. The molecule has 0 aliphatic carbocycles. The van der Waals surface area contributed by atoms with Gasteiger partial charge in [-0.1, -0.05) is 12.1 Å². The Kier molecular flexibility index (Phi) is 2.26. The van der Waals surface area contributed by atoms with Gasteiger partial charge in [0, 0.05) is 11.4 Å². The van der Waals surface area contributed by atoms with Crippen molar-refractivity contribution < 1.29 is 0 Å². The summed E-state index contributed by atoms with van der Waals surface area (Å²) in [7, 11) is 0. The van der Waals surface area contributed by atoms with Crippen LogP contribution < -0.4 is 5.73 Å². The maximum Gasteiger partial charge on any atom is 0.0314 e. The molecule has 2 heteroatoms. The number of nitrogen functional groups attached to an aromatic ring is 1. The van der Waals surface area contributed by atoms with Gasteiger partial charge in [-0.3, -0.25) is 0 Å². The molecule has 1 nitrogen and oxygen atoms in total. The standard InChI is InChI=1S/C10H13NS/c11-10-3-1-8(2-4-10)9-5-6-12-7-9/h1-4,9H,5-7,11H2. The van der Waals surface area contributed by atoms with Crippen LogP contribution in [-0.2, 0) is 0 Å². The normalized spacial score (nSPS) is 22.8. The fraction of sp³-hybridized carbons (Fsp3) is 0.400. The minimum Gasteiger partial charge on any atom is -0.399 e. The van der Waals surface area contributed by atoms with Gasteiger partial charge in [0.25, 0.3) is 0 Å². The van der Waals surface area contributed by atoms with Crippen LogP contribution >= 0.6 is 11.8 Å². The monoisotopic (exact) mass is 179 g/mol. The van der Waals surface area contributed by atoms with Crippen molar-refractivity contribution in [1.29, 1.82) is 0 Å². The molecular weight excluding hydrogens is 166 g/mol. The van der Waals surface area contributed by atoms with Gasteiger partial charge in [0.05, 0.1) is 0 Å². The number of hydrogen-bond acceptors (Lipinski definition) is 2. The number of thioether (sulfide) groups is 1. The van der Waals surface area contributed by atoms with Crippen LogP contribution in [0.3, 0.4) is 0 Å². The average Bonchev–Trinajstić information content (AvgIpc) is 2.58. The zero-order valence-electron chi connectivity index (χ0n) is 6.99. The summed E-state index contributed by atoms with van der Waals surface area (Å²) in [4.78, 5) is 0. The van der Waals surface area contributed by atoms with Crippen molar-refractivity contribution in [2.45, 2.75) is 12.3 Å². The SMILES string of the molecule is Nc1ccc(C2CCSC2)cc1. The van der Waals surface area contributed by atoms with Crippen molar-refractivity contribution in [3.63, 3.8) is 0 Å². The van der Waals surface area contributed by atoms with Crippen LogP contribution in [0.4, 0.5) is 5.69 Å². The molecule has 0 amide bonds. The number of nitrogens with two attached hydrogens (primary N) is 1. The Morgan fingerprint density at radius 2 is 2.00 bits per heavy atom. The highest BCUT2D eigenvalue weighted by atomic mass is 32.2. The molecule has 1 saturated heterocycles. The summed E-state index contributed by atoms with van der Waals surface area (Å²) in [5.74, 6) is 3.37. The molecule has 1 unspecified atom stereocenters. The van der Waals surface area contributed by atoms with E-state index in [1.54, 1.807) is 0 Å². The minimum absolute atomic E-state index is 0.774. The van der Waals surface area contributed by atoms with Gasteiger partial charge in [0.15, 0.2) is 0 Å². The minimum atomic E-state index is 0.774. The Morgan fingerprint density at radius 1 is 1.25 bits per heavy atom. The quantitative estimate of drug-likeness (QED) is 0.670. The fourth-order valence-corrected chi connectivity index (χ4v) is 2.83. The molecule has 1 heterocycles. The molecular formula is C10H13NS. The molecule has 1 aromatic rings. The van der Waals surface area contributed by atoms with Gasteiger partial charge in [-0.2, -0.15) is 11.8 Å². The van der Waals surface area contributed by atoms with Crippen molar-refractivity contribution >= 4 is 17.4 Å². The van der Waals surface area contributed by atoms with Crippen molar-refractivity contribution in [1.82, 2.24) is 0 Å². The van der Waals surface area contributed by atoms with Crippen molar-refractivity contribution in [2.75, 3.05) is 17.2 Å².